The summed E-state index contributed by atoms with van der Waals surface area (Å²) in [6.07, 6.45) is 1.95. The molecule has 1 amide bonds. The maximum atomic E-state index is 12.8. The van der Waals surface area contributed by atoms with E-state index in [0.717, 1.165) is 10.5 Å². The molecule has 9 heteroatoms. The number of carbonyl (C=O) groups excluding carboxylic acids is 1. The smallest absolute Gasteiger partial charge is 0.250 e. The van der Waals surface area contributed by atoms with Gasteiger partial charge in [0.2, 0.25) is 5.91 Å². The van der Waals surface area contributed by atoms with Crippen LogP contribution >= 0.6 is 11.8 Å². The molecule has 0 saturated carbocycles. The Hall–Kier alpha value is -2.07. The molecule has 2 aromatic rings. The summed E-state index contributed by atoms with van der Waals surface area (Å²) < 4.78 is 28.1. The fraction of sp³-hybridized carbons (Fsp3) is 0.278. The van der Waals surface area contributed by atoms with E-state index in [9.17, 15) is 13.2 Å². The van der Waals surface area contributed by atoms with E-state index >= 15 is 0 Å². The second kappa shape index (κ2) is 8.30. The number of hydrogen-bond acceptors (Lipinski definition) is 6. The van der Waals surface area contributed by atoms with Crippen molar-refractivity contribution >= 4 is 39.1 Å². The van der Waals surface area contributed by atoms with Crippen molar-refractivity contribution in [3.8, 4) is 0 Å². The maximum Gasteiger partial charge on any atom is 0.250 e. The van der Waals surface area contributed by atoms with E-state index in [2.05, 4.69) is 20.9 Å². The highest BCUT2D eigenvalue weighted by molar-refractivity contribution is 7.98. The number of rotatable bonds is 6. The first-order chi connectivity index (χ1) is 12.9. The predicted octanol–water partition coefficient (Wildman–Crippen LogP) is 2.15. The van der Waals surface area contributed by atoms with Gasteiger partial charge in [-0.05, 0) is 43.5 Å². The number of benzene rings is 2. The maximum absolute atomic E-state index is 12.8. The topological polar surface area (TPSA) is 99.3 Å². The van der Waals surface area contributed by atoms with Crippen LogP contribution < -0.4 is 20.9 Å². The number of anilines is 2. The molecule has 2 atom stereocenters. The van der Waals surface area contributed by atoms with Gasteiger partial charge < -0.3 is 5.32 Å². The van der Waals surface area contributed by atoms with Gasteiger partial charge in [0.25, 0.3) is 10.0 Å². The van der Waals surface area contributed by atoms with Crippen molar-refractivity contribution in [3.63, 3.8) is 0 Å². The minimum Gasteiger partial charge on any atom is -0.326 e. The van der Waals surface area contributed by atoms with Crippen molar-refractivity contribution in [1.82, 2.24) is 10.9 Å². The monoisotopic (exact) mass is 406 g/mol. The van der Waals surface area contributed by atoms with Gasteiger partial charge in [-0.1, -0.05) is 23.8 Å². The summed E-state index contributed by atoms with van der Waals surface area (Å²) in [6, 6.07) is 14.4. The lowest BCUT2D eigenvalue weighted by molar-refractivity contribution is -0.119. The van der Waals surface area contributed by atoms with Crippen LogP contribution in [0.25, 0.3) is 0 Å². The summed E-state index contributed by atoms with van der Waals surface area (Å²) >= 11 is 1.57. The van der Waals surface area contributed by atoms with Gasteiger partial charge in [-0.2, -0.15) is 0 Å². The SMILES string of the molecule is CSc1cccc(NC(=O)C2CNNC2S(=O)(=O)Nc2ccc(C)cc2)c1. The lowest BCUT2D eigenvalue weighted by Gasteiger charge is -2.19. The third-order valence-corrected chi connectivity index (χ3v) is 6.61. The number of amides is 1. The Balaban J connectivity index is 1.73. The first kappa shape index (κ1) is 19.7. The lowest BCUT2D eigenvalue weighted by Crippen LogP contribution is -2.45. The van der Waals surface area contributed by atoms with E-state index in [1.165, 1.54) is 0 Å². The minimum absolute atomic E-state index is 0.216. The number of hydrazine groups is 1. The van der Waals surface area contributed by atoms with Crippen LogP contribution in [0.15, 0.2) is 53.4 Å². The van der Waals surface area contributed by atoms with Crippen molar-refractivity contribution in [3.05, 3.63) is 54.1 Å². The minimum atomic E-state index is -3.81. The molecule has 2 unspecified atom stereocenters. The van der Waals surface area contributed by atoms with Crippen LogP contribution in [0.4, 0.5) is 11.4 Å². The number of carbonyl (C=O) groups is 1. The molecule has 0 spiro atoms. The lowest BCUT2D eigenvalue weighted by atomic mass is 10.1. The molecule has 1 saturated heterocycles. The van der Waals surface area contributed by atoms with Crippen LogP contribution in [0.2, 0.25) is 0 Å². The molecule has 0 bridgehead atoms. The Morgan fingerprint density at radius 2 is 1.89 bits per heavy atom. The zero-order chi connectivity index (χ0) is 19.4. The third-order valence-electron chi connectivity index (χ3n) is 4.25. The zero-order valence-corrected chi connectivity index (χ0v) is 16.7. The van der Waals surface area contributed by atoms with Crippen molar-refractivity contribution in [1.29, 1.82) is 0 Å². The highest BCUT2D eigenvalue weighted by Crippen LogP contribution is 2.22. The van der Waals surface area contributed by atoms with Crippen molar-refractivity contribution in [2.45, 2.75) is 17.2 Å². The second-order valence-corrected chi connectivity index (χ2v) is 8.97. The fourth-order valence-corrected chi connectivity index (χ4v) is 4.73. The number of hydrogen-bond donors (Lipinski definition) is 4. The molecule has 0 aliphatic carbocycles. The number of nitrogens with one attached hydrogen (secondary N) is 4. The Kier molecular flexibility index (Phi) is 6.05. The highest BCUT2D eigenvalue weighted by atomic mass is 32.2. The van der Waals surface area contributed by atoms with E-state index in [1.807, 2.05) is 43.5 Å². The van der Waals surface area contributed by atoms with Crippen LogP contribution in [0.3, 0.4) is 0 Å². The standard InChI is InChI=1S/C18H22N4O3S2/c1-12-6-8-13(9-7-12)22-27(24,25)18-16(11-19-21-18)17(23)20-14-4-3-5-15(10-14)26-2/h3-10,16,18-19,21-22H,11H2,1-2H3,(H,20,23). The van der Waals surface area contributed by atoms with Crippen molar-refractivity contribution < 1.29 is 13.2 Å². The zero-order valence-electron chi connectivity index (χ0n) is 15.0. The largest absolute Gasteiger partial charge is 0.326 e. The van der Waals surface area contributed by atoms with Gasteiger partial charge in [-0.3, -0.25) is 14.9 Å². The molecular formula is C18H22N4O3S2. The van der Waals surface area contributed by atoms with E-state index in [0.29, 0.717) is 11.4 Å². The van der Waals surface area contributed by atoms with Gasteiger partial charge in [0.15, 0.2) is 5.37 Å². The summed E-state index contributed by atoms with van der Waals surface area (Å²) in [6.45, 7) is 2.14. The van der Waals surface area contributed by atoms with Gasteiger partial charge >= 0.3 is 0 Å². The van der Waals surface area contributed by atoms with Crippen LogP contribution in [-0.4, -0.2) is 32.5 Å². The Morgan fingerprint density at radius 3 is 2.59 bits per heavy atom. The first-order valence-electron chi connectivity index (χ1n) is 8.40. The fourth-order valence-electron chi connectivity index (χ4n) is 2.79. The molecule has 144 valence electrons. The number of thioether (sulfide) groups is 1. The molecule has 1 aliphatic rings. The Morgan fingerprint density at radius 1 is 1.15 bits per heavy atom. The molecular weight excluding hydrogens is 384 g/mol. The van der Waals surface area contributed by atoms with E-state index < -0.39 is 21.3 Å². The molecule has 0 radical (unpaired) electrons. The normalized spacial score (nSPS) is 19.6. The van der Waals surface area contributed by atoms with Gasteiger partial charge in [-0.25, -0.2) is 13.8 Å². The van der Waals surface area contributed by atoms with E-state index in [4.69, 9.17) is 0 Å². The molecule has 1 fully saturated rings. The number of sulfonamides is 1. The predicted molar refractivity (Wildman–Crippen MR) is 109 cm³/mol. The highest BCUT2D eigenvalue weighted by Gasteiger charge is 2.41. The summed E-state index contributed by atoms with van der Waals surface area (Å²) in [4.78, 5) is 13.7. The molecule has 7 nitrogen and oxygen atoms in total. The molecule has 2 aromatic carbocycles. The van der Waals surface area contributed by atoms with E-state index in [-0.39, 0.29) is 12.5 Å². The van der Waals surface area contributed by atoms with Gasteiger partial charge in [0, 0.05) is 22.8 Å². The third kappa shape index (κ3) is 4.81. The van der Waals surface area contributed by atoms with E-state index in [1.54, 1.807) is 30.0 Å². The average molecular weight is 407 g/mol. The van der Waals surface area contributed by atoms with Crippen LogP contribution in [0, 0.1) is 12.8 Å². The molecule has 3 rings (SSSR count). The molecule has 0 aromatic heterocycles. The number of aryl methyl sites for hydroxylation is 1. The summed E-state index contributed by atoms with van der Waals surface area (Å²) in [5, 5.41) is 1.73. The van der Waals surface area contributed by atoms with Crippen LogP contribution in [0.1, 0.15) is 5.56 Å². The quantitative estimate of drug-likeness (QED) is 0.549. The molecule has 4 N–H and O–H groups in total. The first-order valence-corrected chi connectivity index (χ1v) is 11.2. The van der Waals surface area contributed by atoms with Gasteiger partial charge in [-0.15, -0.1) is 11.8 Å². The second-order valence-electron chi connectivity index (χ2n) is 6.29. The Bertz CT molecular complexity index is 916. The molecule has 27 heavy (non-hydrogen) atoms. The average Bonchev–Trinajstić information content (AvgIpc) is 3.15. The van der Waals surface area contributed by atoms with Crippen molar-refractivity contribution in [2.24, 2.45) is 5.92 Å². The van der Waals surface area contributed by atoms with Crippen LogP contribution in [-0.2, 0) is 14.8 Å². The molecule has 1 heterocycles. The van der Waals surface area contributed by atoms with Gasteiger partial charge in [0.1, 0.15) is 0 Å². The summed E-state index contributed by atoms with van der Waals surface area (Å²) in [7, 11) is -3.81. The van der Waals surface area contributed by atoms with Gasteiger partial charge in [0.05, 0.1) is 5.92 Å². The summed E-state index contributed by atoms with van der Waals surface area (Å²) in [5.41, 5.74) is 7.61. The Labute approximate surface area is 163 Å². The van der Waals surface area contributed by atoms with Crippen molar-refractivity contribution in [2.75, 3.05) is 22.8 Å². The molecule has 1 aliphatic heterocycles. The van der Waals surface area contributed by atoms with Crippen LogP contribution in [0.5, 0.6) is 0 Å². The summed E-state index contributed by atoms with van der Waals surface area (Å²) in [5.74, 6) is -1.13.